The van der Waals surface area contributed by atoms with Crippen LogP contribution < -0.4 is 0 Å². The van der Waals surface area contributed by atoms with Gasteiger partial charge in [0.25, 0.3) is 0 Å². The van der Waals surface area contributed by atoms with Crippen LogP contribution in [-0.4, -0.2) is 0 Å². The Bertz CT molecular complexity index is 153. The summed E-state index contributed by atoms with van der Waals surface area (Å²) in [5.74, 6) is 1.54. The zero-order valence-electron chi connectivity index (χ0n) is 7.57. The van der Waals surface area contributed by atoms with E-state index >= 15 is 0 Å². The molecule has 0 unspecified atom stereocenters. The van der Waals surface area contributed by atoms with Gasteiger partial charge in [-0.05, 0) is 23.7 Å². The van der Waals surface area contributed by atoms with E-state index in [9.17, 15) is 0 Å². The van der Waals surface area contributed by atoms with Crippen molar-refractivity contribution < 1.29 is 0 Å². The highest BCUT2D eigenvalue weighted by Crippen LogP contribution is 2.48. The third-order valence-corrected chi connectivity index (χ3v) is 3.31. The summed E-state index contributed by atoms with van der Waals surface area (Å²) in [4.78, 5) is 0. The van der Waals surface area contributed by atoms with Gasteiger partial charge in [-0.1, -0.05) is 39.8 Å². The average molecular weight is 138 g/mol. The Balaban J connectivity index is 2.81. The normalized spacial score (nSPS) is 38.6. The van der Waals surface area contributed by atoms with Gasteiger partial charge >= 0.3 is 0 Å². The van der Waals surface area contributed by atoms with Gasteiger partial charge in [-0.2, -0.15) is 0 Å². The summed E-state index contributed by atoms with van der Waals surface area (Å²) >= 11 is 0. The van der Waals surface area contributed by atoms with Crippen molar-refractivity contribution >= 4 is 0 Å². The molecule has 1 aliphatic carbocycles. The summed E-state index contributed by atoms with van der Waals surface area (Å²) in [6.07, 6.45) is 1.22. The standard InChI is InChI=1S/C10H18/c1-7-6-10(4,5)9(3)8(7)2/h8-9H,1,6H2,2-5H3/t8-,9-/m1/s1. The second-order valence-corrected chi connectivity index (χ2v) is 4.40. The molecule has 0 radical (unpaired) electrons. The van der Waals surface area contributed by atoms with Crippen LogP contribution in [0.15, 0.2) is 12.2 Å². The zero-order valence-corrected chi connectivity index (χ0v) is 7.57. The first-order valence-electron chi connectivity index (χ1n) is 4.13. The number of hydrogen-bond donors (Lipinski definition) is 0. The molecule has 0 bridgehead atoms. The number of hydrogen-bond acceptors (Lipinski definition) is 0. The molecule has 0 heterocycles. The molecule has 1 rings (SSSR count). The summed E-state index contributed by atoms with van der Waals surface area (Å²) in [6.45, 7) is 13.4. The average Bonchev–Trinajstić information content (AvgIpc) is 1.95. The van der Waals surface area contributed by atoms with Gasteiger partial charge in [-0.25, -0.2) is 0 Å². The van der Waals surface area contributed by atoms with Gasteiger partial charge in [-0.15, -0.1) is 0 Å². The minimum absolute atomic E-state index is 0.497. The van der Waals surface area contributed by atoms with Crippen LogP contribution in [0.5, 0.6) is 0 Å². The first-order valence-corrected chi connectivity index (χ1v) is 4.13. The van der Waals surface area contributed by atoms with Crippen LogP contribution in [0.2, 0.25) is 0 Å². The van der Waals surface area contributed by atoms with Crippen molar-refractivity contribution in [2.24, 2.45) is 17.3 Å². The lowest BCUT2D eigenvalue weighted by molar-refractivity contribution is 0.248. The summed E-state index contributed by atoms with van der Waals surface area (Å²) < 4.78 is 0. The van der Waals surface area contributed by atoms with E-state index in [0.29, 0.717) is 5.41 Å². The SMILES string of the molecule is C=C1CC(C)(C)[C@H](C)[C@@H]1C. The lowest BCUT2D eigenvalue weighted by atomic mass is 9.81. The van der Waals surface area contributed by atoms with Crippen molar-refractivity contribution in [1.29, 1.82) is 0 Å². The summed E-state index contributed by atoms with van der Waals surface area (Å²) in [7, 11) is 0. The topological polar surface area (TPSA) is 0 Å². The van der Waals surface area contributed by atoms with Crippen LogP contribution in [0, 0.1) is 17.3 Å². The molecule has 10 heavy (non-hydrogen) atoms. The molecule has 0 nitrogen and oxygen atoms in total. The van der Waals surface area contributed by atoms with Crippen LogP contribution in [0.1, 0.15) is 34.1 Å². The van der Waals surface area contributed by atoms with Crippen molar-refractivity contribution in [2.75, 3.05) is 0 Å². The summed E-state index contributed by atoms with van der Waals surface area (Å²) in [5.41, 5.74) is 1.94. The lowest BCUT2D eigenvalue weighted by Crippen LogP contribution is -2.17. The maximum atomic E-state index is 4.08. The second kappa shape index (κ2) is 2.11. The van der Waals surface area contributed by atoms with Crippen molar-refractivity contribution in [3.63, 3.8) is 0 Å². The molecule has 0 saturated heterocycles. The maximum Gasteiger partial charge on any atom is -0.0203 e. The molecule has 0 heteroatoms. The molecule has 0 spiro atoms. The molecule has 0 amide bonds. The Morgan fingerprint density at radius 1 is 1.40 bits per heavy atom. The van der Waals surface area contributed by atoms with E-state index in [1.165, 1.54) is 12.0 Å². The quantitative estimate of drug-likeness (QED) is 0.451. The molecule has 1 fully saturated rings. The Labute approximate surface area is 64.3 Å². The highest BCUT2D eigenvalue weighted by molar-refractivity contribution is 5.12. The Morgan fingerprint density at radius 2 is 1.90 bits per heavy atom. The van der Waals surface area contributed by atoms with Gasteiger partial charge in [-0.3, -0.25) is 0 Å². The number of allylic oxidation sites excluding steroid dienone is 1. The fourth-order valence-corrected chi connectivity index (χ4v) is 1.94. The Morgan fingerprint density at radius 3 is 2.00 bits per heavy atom. The minimum atomic E-state index is 0.497. The van der Waals surface area contributed by atoms with Gasteiger partial charge in [0.15, 0.2) is 0 Å². The third kappa shape index (κ3) is 1.00. The first kappa shape index (κ1) is 7.84. The molecule has 2 atom stereocenters. The molecular formula is C10H18. The molecular weight excluding hydrogens is 120 g/mol. The molecule has 1 aliphatic rings. The van der Waals surface area contributed by atoms with Crippen LogP contribution in [0.25, 0.3) is 0 Å². The van der Waals surface area contributed by atoms with Crippen molar-refractivity contribution in [2.45, 2.75) is 34.1 Å². The van der Waals surface area contributed by atoms with Crippen LogP contribution in [-0.2, 0) is 0 Å². The van der Waals surface area contributed by atoms with E-state index in [4.69, 9.17) is 0 Å². The van der Waals surface area contributed by atoms with Gasteiger partial charge in [0.1, 0.15) is 0 Å². The third-order valence-electron chi connectivity index (χ3n) is 3.31. The lowest BCUT2D eigenvalue weighted by Gasteiger charge is -2.24. The van der Waals surface area contributed by atoms with Crippen LogP contribution in [0.4, 0.5) is 0 Å². The second-order valence-electron chi connectivity index (χ2n) is 4.40. The summed E-state index contributed by atoms with van der Waals surface area (Å²) in [6, 6.07) is 0. The molecule has 58 valence electrons. The fourth-order valence-electron chi connectivity index (χ4n) is 1.94. The van der Waals surface area contributed by atoms with Gasteiger partial charge in [0.2, 0.25) is 0 Å². The highest BCUT2D eigenvalue weighted by atomic mass is 14.4. The van der Waals surface area contributed by atoms with Crippen molar-refractivity contribution in [1.82, 2.24) is 0 Å². The summed E-state index contributed by atoms with van der Waals surface area (Å²) in [5, 5.41) is 0. The van der Waals surface area contributed by atoms with E-state index in [-0.39, 0.29) is 0 Å². The molecule has 0 aliphatic heterocycles. The molecule has 0 aromatic rings. The van der Waals surface area contributed by atoms with E-state index < -0.39 is 0 Å². The van der Waals surface area contributed by atoms with E-state index in [1.807, 2.05) is 0 Å². The monoisotopic (exact) mass is 138 g/mol. The van der Waals surface area contributed by atoms with Gasteiger partial charge < -0.3 is 0 Å². The molecule has 1 saturated carbocycles. The van der Waals surface area contributed by atoms with E-state index in [0.717, 1.165) is 11.8 Å². The minimum Gasteiger partial charge on any atom is -0.0996 e. The van der Waals surface area contributed by atoms with E-state index in [1.54, 1.807) is 0 Å². The molecule has 0 N–H and O–H groups in total. The molecule has 0 aromatic heterocycles. The van der Waals surface area contributed by atoms with Gasteiger partial charge in [0.05, 0.1) is 0 Å². The number of rotatable bonds is 0. The zero-order chi connectivity index (χ0) is 7.94. The predicted octanol–water partition coefficient (Wildman–Crippen LogP) is 3.24. The highest BCUT2D eigenvalue weighted by Gasteiger charge is 2.38. The Hall–Kier alpha value is -0.260. The largest absolute Gasteiger partial charge is 0.0996 e. The predicted molar refractivity (Wildman–Crippen MR) is 45.9 cm³/mol. The van der Waals surface area contributed by atoms with Crippen molar-refractivity contribution in [3.8, 4) is 0 Å². The fraction of sp³-hybridized carbons (Fsp3) is 0.800. The van der Waals surface area contributed by atoms with Crippen LogP contribution in [0.3, 0.4) is 0 Å². The smallest absolute Gasteiger partial charge is 0.0203 e. The van der Waals surface area contributed by atoms with E-state index in [2.05, 4.69) is 34.3 Å². The van der Waals surface area contributed by atoms with Gasteiger partial charge in [0, 0.05) is 0 Å². The Kier molecular flexibility index (Phi) is 1.66. The molecule has 0 aromatic carbocycles. The maximum absolute atomic E-state index is 4.08. The first-order chi connectivity index (χ1) is 4.45. The van der Waals surface area contributed by atoms with Crippen LogP contribution >= 0.6 is 0 Å². The van der Waals surface area contributed by atoms with Crippen molar-refractivity contribution in [3.05, 3.63) is 12.2 Å².